The third-order valence-corrected chi connectivity index (χ3v) is 3.93. The Hall–Kier alpha value is -1.06. The van der Waals surface area contributed by atoms with E-state index in [9.17, 15) is 14.7 Å². The average Bonchev–Trinajstić information content (AvgIpc) is 2.97. The molecule has 2 fully saturated rings. The minimum atomic E-state index is -0.975. The highest BCUT2D eigenvalue weighted by molar-refractivity contribution is 5.89. The summed E-state index contributed by atoms with van der Waals surface area (Å²) >= 11 is 0. The van der Waals surface area contributed by atoms with Crippen LogP contribution in [0.1, 0.15) is 45.4 Å². The highest BCUT2D eigenvalue weighted by Crippen LogP contribution is 2.39. The number of amides is 1. The van der Waals surface area contributed by atoms with Crippen molar-refractivity contribution in [3.05, 3.63) is 0 Å². The van der Waals surface area contributed by atoms with Gasteiger partial charge in [0.05, 0.1) is 0 Å². The number of nitrogens with one attached hydrogen (secondary N) is 1. The van der Waals surface area contributed by atoms with Crippen LogP contribution in [0.25, 0.3) is 0 Å². The molecule has 0 aromatic rings. The maximum atomic E-state index is 11.8. The van der Waals surface area contributed by atoms with E-state index in [1.807, 2.05) is 6.92 Å². The molecule has 0 aliphatic heterocycles. The van der Waals surface area contributed by atoms with Gasteiger partial charge < -0.3 is 10.4 Å². The molecule has 0 saturated heterocycles. The lowest BCUT2D eigenvalue weighted by molar-refractivity contribution is -0.149. The molecule has 0 aromatic carbocycles. The zero-order chi connectivity index (χ0) is 11.8. The van der Waals surface area contributed by atoms with Crippen molar-refractivity contribution in [2.45, 2.75) is 51.0 Å². The van der Waals surface area contributed by atoms with Gasteiger partial charge in [0.1, 0.15) is 5.54 Å². The fourth-order valence-electron chi connectivity index (χ4n) is 2.56. The molecule has 16 heavy (non-hydrogen) atoms. The van der Waals surface area contributed by atoms with Gasteiger partial charge in [-0.1, -0.05) is 26.2 Å². The largest absolute Gasteiger partial charge is 0.480 e. The molecule has 4 nitrogen and oxygen atoms in total. The summed E-state index contributed by atoms with van der Waals surface area (Å²) < 4.78 is 0. The fraction of sp³-hybridized carbons (Fsp3) is 0.833. The van der Waals surface area contributed by atoms with Crippen LogP contribution in [-0.4, -0.2) is 22.5 Å². The summed E-state index contributed by atoms with van der Waals surface area (Å²) in [5, 5.41) is 12.1. The molecule has 2 aliphatic carbocycles. The number of carboxylic acid groups (broad SMARTS) is 1. The Balaban J connectivity index is 2.02. The third kappa shape index (κ3) is 2.06. The van der Waals surface area contributed by atoms with Crippen molar-refractivity contribution in [3.8, 4) is 0 Å². The molecule has 2 unspecified atom stereocenters. The summed E-state index contributed by atoms with van der Waals surface area (Å²) in [5.41, 5.74) is -0.975. The molecule has 0 radical (unpaired) electrons. The van der Waals surface area contributed by atoms with Crippen LogP contribution in [0.5, 0.6) is 0 Å². The van der Waals surface area contributed by atoms with E-state index in [-0.39, 0.29) is 11.8 Å². The van der Waals surface area contributed by atoms with Gasteiger partial charge in [0.2, 0.25) is 5.91 Å². The van der Waals surface area contributed by atoms with E-state index < -0.39 is 11.5 Å². The van der Waals surface area contributed by atoms with Crippen molar-refractivity contribution < 1.29 is 14.7 Å². The third-order valence-electron chi connectivity index (χ3n) is 3.93. The predicted octanol–water partition coefficient (Wildman–Crippen LogP) is 1.55. The van der Waals surface area contributed by atoms with Crippen LogP contribution < -0.4 is 5.32 Å². The second-order valence-electron chi connectivity index (χ2n) is 5.26. The van der Waals surface area contributed by atoms with E-state index in [2.05, 4.69) is 5.32 Å². The van der Waals surface area contributed by atoms with Gasteiger partial charge in [-0.2, -0.15) is 0 Å². The molecule has 2 N–H and O–H groups in total. The van der Waals surface area contributed by atoms with E-state index in [0.717, 1.165) is 25.7 Å². The van der Waals surface area contributed by atoms with Crippen molar-refractivity contribution >= 4 is 11.9 Å². The summed E-state index contributed by atoms with van der Waals surface area (Å²) in [7, 11) is 0. The first kappa shape index (κ1) is 11.4. The maximum Gasteiger partial charge on any atom is 0.329 e. The Bertz CT molecular complexity index is 307. The first-order chi connectivity index (χ1) is 7.55. The van der Waals surface area contributed by atoms with E-state index in [1.54, 1.807) is 0 Å². The summed E-state index contributed by atoms with van der Waals surface area (Å²) in [6.07, 6.45) is 4.93. The van der Waals surface area contributed by atoms with E-state index >= 15 is 0 Å². The van der Waals surface area contributed by atoms with Crippen LogP contribution in [0.2, 0.25) is 0 Å². The van der Waals surface area contributed by atoms with Crippen molar-refractivity contribution in [2.75, 3.05) is 0 Å². The lowest BCUT2D eigenvalue weighted by Gasteiger charge is -2.34. The van der Waals surface area contributed by atoms with Crippen LogP contribution in [0.15, 0.2) is 0 Å². The predicted molar refractivity (Wildman–Crippen MR) is 58.9 cm³/mol. The average molecular weight is 225 g/mol. The van der Waals surface area contributed by atoms with Crippen molar-refractivity contribution in [3.63, 3.8) is 0 Å². The molecule has 90 valence electrons. The van der Waals surface area contributed by atoms with Crippen LogP contribution >= 0.6 is 0 Å². The standard InChI is InChI=1S/C12H19NO3/c1-8-7-9(8)10(14)13-12(11(15)16)5-3-2-4-6-12/h8-9H,2-7H2,1H3,(H,13,14)(H,15,16). The van der Waals surface area contributed by atoms with Crippen molar-refractivity contribution in [1.82, 2.24) is 5.32 Å². The van der Waals surface area contributed by atoms with Gasteiger partial charge in [-0.3, -0.25) is 4.79 Å². The monoisotopic (exact) mass is 225 g/mol. The second kappa shape index (κ2) is 4.07. The molecule has 2 atom stereocenters. The number of carbonyl (C=O) groups excluding carboxylic acids is 1. The Morgan fingerprint density at radius 1 is 1.25 bits per heavy atom. The van der Waals surface area contributed by atoms with Gasteiger partial charge in [-0.15, -0.1) is 0 Å². The zero-order valence-corrected chi connectivity index (χ0v) is 9.66. The number of hydrogen-bond donors (Lipinski definition) is 2. The Kier molecular flexibility index (Phi) is 2.91. The van der Waals surface area contributed by atoms with Crippen LogP contribution in [0, 0.1) is 11.8 Å². The molecule has 2 aliphatic rings. The molecule has 2 rings (SSSR count). The van der Waals surface area contributed by atoms with Crippen LogP contribution in [0.4, 0.5) is 0 Å². The quantitative estimate of drug-likeness (QED) is 0.765. The van der Waals surface area contributed by atoms with Gasteiger partial charge in [0.15, 0.2) is 0 Å². The van der Waals surface area contributed by atoms with Crippen molar-refractivity contribution in [2.24, 2.45) is 11.8 Å². The summed E-state index contributed by atoms with van der Waals surface area (Å²) in [5.74, 6) is -0.446. The van der Waals surface area contributed by atoms with E-state index in [0.29, 0.717) is 18.8 Å². The Morgan fingerprint density at radius 2 is 1.81 bits per heavy atom. The smallest absolute Gasteiger partial charge is 0.329 e. The minimum Gasteiger partial charge on any atom is -0.480 e. The van der Waals surface area contributed by atoms with E-state index in [4.69, 9.17) is 0 Å². The molecular weight excluding hydrogens is 206 g/mol. The molecule has 0 spiro atoms. The maximum absolute atomic E-state index is 11.8. The molecular formula is C12H19NO3. The highest BCUT2D eigenvalue weighted by Gasteiger charge is 2.46. The van der Waals surface area contributed by atoms with Gasteiger partial charge in [0.25, 0.3) is 0 Å². The Morgan fingerprint density at radius 3 is 2.25 bits per heavy atom. The van der Waals surface area contributed by atoms with Gasteiger partial charge >= 0.3 is 5.97 Å². The minimum absolute atomic E-state index is 0.0538. The SMILES string of the molecule is CC1CC1C(=O)NC1(C(=O)O)CCCCC1. The first-order valence-corrected chi connectivity index (χ1v) is 6.10. The number of hydrogen-bond acceptors (Lipinski definition) is 2. The molecule has 4 heteroatoms. The molecule has 0 bridgehead atoms. The molecule has 2 saturated carbocycles. The zero-order valence-electron chi connectivity index (χ0n) is 9.66. The topological polar surface area (TPSA) is 66.4 Å². The highest BCUT2D eigenvalue weighted by atomic mass is 16.4. The normalized spacial score (nSPS) is 31.8. The summed E-state index contributed by atoms with van der Waals surface area (Å²) in [6.45, 7) is 2.03. The molecule has 0 heterocycles. The van der Waals surface area contributed by atoms with Crippen LogP contribution in [-0.2, 0) is 9.59 Å². The number of carbonyl (C=O) groups is 2. The fourth-order valence-corrected chi connectivity index (χ4v) is 2.56. The Labute approximate surface area is 95.4 Å². The molecule has 1 amide bonds. The molecule has 0 aromatic heterocycles. The van der Waals surface area contributed by atoms with Gasteiger partial charge in [-0.05, 0) is 25.2 Å². The van der Waals surface area contributed by atoms with Gasteiger partial charge in [-0.25, -0.2) is 4.79 Å². The second-order valence-corrected chi connectivity index (χ2v) is 5.26. The number of carboxylic acids is 1. The lowest BCUT2D eigenvalue weighted by atomic mass is 9.81. The van der Waals surface area contributed by atoms with Gasteiger partial charge in [0, 0.05) is 5.92 Å². The van der Waals surface area contributed by atoms with Crippen LogP contribution in [0.3, 0.4) is 0 Å². The summed E-state index contributed by atoms with van der Waals surface area (Å²) in [6, 6.07) is 0. The summed E-state index contributed by atoms with van der Waals surface area (Å²) in [4.78, 5) is 23.1. The van der Waals surface area contributed by atoms with Crippen molar-refractivity contribution in [1.29, 1.82) is 0 Å². The lowest BCUT2D eigenvalue weighted by Crippen LogP contribution is -2.56. The van der Waals surface area contributed by atoms with E-state index in [1.165, 1.54) is 0 Å². The first-order valence-electron chi connectivity index (χ1n) is 6.10. The number of aliphatic carboxylic acids is 1. The number of rotatable bonds is 3.